The van der Waals surface area contributed by atoms with Crippen molar-refractivity contribution in [3.63, 3.8) is 0 Å². The number of aromatic carboxylic acids is 1. The van der Waals surface area contributed by atoms with E-state index in [1.165, 1.54) is 12.1 Å². The monoisotopic (exact) mass is 383 g/mol. The highest BCUT2D eigenvalue weighted by atomic mass is 35.5. The smallest absolute Gasteiger partial charge is 0.416 e. The van der Waals surface area contributed by atoms with Crippen LogP contribution < -0.4 is 5.11 Å². The maximum Gasteiger partial charge on any atom is 0.416 e. The molecule has 4 nitrogen and oxygen atoms in total. The Balaban J connectivity index is 2.25. The van der Waals surface area contributed by atoms with E-state index in [9.17, 15) is 27.5 Å². The molecule has 0 fully saturated rings. The number of nitrogens with zero attached hydrogens (tertiary/aromatic N) is 2. The maximum atomic E-state index is 13.7. The Morgan fingerprint density at radius 3 is 2.46 bits per heavy atom. The van der Waals surface area contributed by atoms with Gasteiger partial charge in [-0.1, -0.05) is 17.7 Å². The van der Waals surface area contributed by atoms with E-state index in [4.69, 9.17) is 11.6 Å². The van der Waals surface area contributed by atoms with Gasteiger partial charge >= 0.3 is 6.18 Å². The van der Waals surface area contributed by atoms with Gasteiger partial charge in [0.05, 0.1) is 22.9 Å². The third-order valence-electron chi connectivity index (χ3n) is 3.49. The fraction of sp³-hybridized carbons (Fsp3) is 0.0588. The first kappa shape index (κ1) is 17.9. The number of carbonyl (C=O) groups excluding carboxylic acids is 1. The highest BCUT2D eigenvalue weighted by Crippen LogP contribution is 2.34. The summed E-state index contributed by atoms with van der Waals surface area (Å²) in [7, 11) is 0. The van der Waals surface area contributed by atoms with Crippen molar-refractivity contribution in [2.75, 3.05) is 0 Å². The summed E-state index contributed by atoms with van der Waals surface area (Å²) < 4.78 is 53.7. The minimum atomic E-state index is -4.77. The second-order valence-corrected chi connectivity index (χ2v) is 5.76. The van der Waals surface area contributed by atoms with Crippen LogP contribution in [0.4, 0.5) is 17.6 Å². The number of carboxylic acid groups (broad SMARTS) is 1. The number of alkyl halides is 3. The summed E-state index contributed by atoms with van der Waals surface area (Å²) in [5.41, 5.74) is -1.69. The van der Waals surface area contributed by atoms with Gasteiger partial charge in [-0.25, -0.2) is 9.07 Å². The van der Waals surface area contributed by atoms with Crippen LogP contribution >= 0.6 is 11.6 Å². The number of hydrogen-bond donors (Lipinski definition) is 0. The molecular formula is C17H8ClF4N2O2-. The van der Waals surface area contributed by atoms with Gasteiger partial charge in [0.25, 0.3) is 0 Å². The number of aromatic nitrogens is 2. The zero-order valence-corrected chi connectivity index (χ0v) is 13.5. The molecule has 0 amide bonds. The molecule has 0 saturated carbocycles. The Morgan fingerprint density at radius 1 is 1.12 bits per heavy atom. The average molecular weight is 384 g/mol. The van der Waals surface area contributed by atoms with E-state index in [-0.39, 0.29) is 16.9 Å². The molecule has 0 aliphatic rings. The van der Waals surface area contributed by atoms with E-state index >= 15 is 0 Å². The van der Waals surface area contributed by atoms with Gasteiger partial charge in [0.1, 0.15) is 11.5 Å². The first-order valence-corrected chi connectivity index (χ1v) is 7.48. The second-order valence-electron chi connectivity index (χ2n) is 5.32. The van der Waals surface area contributed by atoms with E-state index in [1.54, 1.807) is 12.1 Å². The molecule has 0 saturated heterocycles. The largest absolute Gasteiger partial charge is 0.543 e. The molecule has 1 aromatic heterocycles. The summed E-state index contributed by atoms with van der Waals surface area (Å²) in [5, 5.41) is 15.2. The molecule has 0 aliphatic heterocycles. The summed E-state index contributed by atoms with van der Waals surface area (Å²) >= 11 is 5.89. The molecule has 3 aromatic rings. The van der Waals surface area contributed by atoms with Crippen molar-refractivity contribution in [2.45, 2.75) is 6.18 Å². The summed E-state index contributed by atoms with van der Waals surface area (Å²) in [6.45, 7) is 0. The maximum absolute atomic E-state index is 13.7. The fourth-order valence-corrected chi connectivity index (χ4v) is 2.58. The van der Waals surface area contributed by atoms with Crippen LogP contribution in [0.25, 0.3) is 16.9 Å². The Morgan fingerprint density at radius 2 is 1.85 bits per heavy atom. The van der Waals surface area contributed by atoms with Crippen molar-refractivity contribution >= 4 is 17.6 Å². The van der Waals surface area contributed by atoms with Crippen LogP contribution in [0.5, 0.6) is 0 Å². The molecule has 0 atom stereocenters. The number of rotatable bonds is 3. The Labute approximate surface area is 149 Å². The third kappa shape index (κ3) is 3.55. The van der Waals surface area contributed by atoms with Crippen molar-refractivity contribution in [3.05, 3.63) is 70.6 Å². The van der Waals surface area contributed by atoms with Gasteiger partial charge in [0.2, 0.25) is 0 Å². The van der Waals surface area contributed by atoms with Crippen molar-refractivity contribution in [2.24, 2.45) is 0 Å². The minimum absolute atomic E-state index is 0.0588. The summed E-state index contributed by atoms with van der Waals surface area (Å²) in [4.78, 5) is 11.1. The Kier molecular flexibility index (Phi) is 4.45. The van der Waals surface area contributed by atoms with Gasteiger partial charge in [-0.2, -0.15) is 18.3 Å². The van der Waals surface area contributed by atoms with Crippen LogP contribution in [0.3, 0.4) is 0 Å². The van der Waals surface area contributed by atoms with Crippen LogP contribution in [-0.2, 0) is 6.18 Å². The quantitative estimate of drug-likeness (QED) is 0.648. The van der Waals surface area contributed by atoms with Crippen molar-refractivity contribution < 1.29 is 27.5 Å². The molecule has 26 heavy (non-hydrogen) atoms. The average Bonchev–Trinajstić information content (AvgIpc) is 2.99. The van der Waals surface area contributed by atoms with Gasteiger partial charge in [-0.15, -0.1) is 0 Å². The van der Waals surface area contributed by atoms with Gasteiger partial charge in [0, 0.05) is 10.6 Å². The minimum Gasteiger partial charge on any atom is -0.543 e. The number of hydrogen-bond acceptors (Lipinski definition) is 3. The highest BCUT2D eigenvalue weighted by molar-refractivity contribution is 6.30. The normalized spacial score (nSPS) is 11.6. The fourth-order valence-electron chi connectivity index (χ4n) is 2.39. The van der Waals surface area contributed by atoms with E-state index in [0.717, 1.165) is 16.8 Å². The SMILES string of the molecule is O=C([O-])c1cc(-c2cc(F)cc(C(F)(F)F)c2)n(-c2cccc(Cl)c2)n1. The lowest BCUT2D eigenvalue weighted by molar-refractivity contribution is -0.255. The standard InChI is InChI=1S/C17H9ClF4N2O2/c18-11-2-1-3-13(7-11)24-15(8-14(23-24)16(25)26)9-4-10(17(20,21)22)6-12(19)5-9/h1-8H,(H,25,26)/p-1. The molecule has 134 valence electrons. The second kappa shape index (κ2) is 6.45. The molecule has 0 unspecified atom stereocenters. The van der Waals surface area contributed by atoms with Crippen LogP contribution in [-0.4, -0.2) is 15.7 Å². The van der Waals surface area contributed by atoms with Crippen LogP contribution in [0.1, 0.15) is 16.1 Å². The van der Waals surface area contributed by atoms with Crippen LogP contribution in [0.15, 0.2) is 48.5 Å². The number of benzene rings is 2. The lowest BCUT2D eigenvalue weighted by atomic mass is 10.1. The predicted molar refractivity (Wildman–Crippen MR) is 83.3 cm³/mol. The number of halogens is 5. The van der Waals surface area contributed by atoms with Gasteiger partial charge in [-0.05, 0) is 42.5 Å². The lowest BCUT2D eigenvalue weighted by Crippen LogP contribution is -2.22. The number of carboxylic acids is 1. The summed E-state index contributed by atoms with van der Waals surface area (Å²) in [6.07, 6.45) is -4.77. The van der Waals surface area contributed by atoms with Gasteiger partial charge in [-0.3, -0.25) is 0 Å². The topological polar surface area (TPSA) is 57.9 Å². The first-order valence-electron chi connectivity index (χ1n) is 7.10. The predicted octanol–water partition coefficient (Wildman–Crippen LogP) is 3.71. The van der Waals surface area contributed by atoms with E-state index in [2.05, 4.69) is 5.10 Å². The molecule has 9 heteroatoms. The van der Waals surface area contributed by atoms with E-state index in [0.29, 0.717) is 17.2 Å². The van der Waals surface area contributed by atoms with Crippen molar-refractivity contribution in [3.8, 4) is 16.9 Å². The molecule has 0 N–H and O–H groups in total. The lowest BCUT2D eigenvalue weighted by Gasteiger charge is -2.11. The van der Waals surface area contributed by atoms with Crippen molar-refractivity contribution in [1.29, 1.82) is 0 Å². The summed E-state index contributed by atoms with van der Waals surface area (Å²) in [6, 6.07) is 8.97. The first-order chi connectivity index (χ1) is 12.1. The number of carbonyl (C=O) groups is 1. The molecule has 0 radical (unpaired) electrons. The third-order valence-corrected chi connectivity index (χ3v) is 3.73. The molecular weight excluding hydrogens is 376 g/mol. The summed E-state index contributed by atoms with van der Waals surface area (Å²) in [5.74, 6) is -2.75. The Bertz CT molecular complexity index is 999. The van der Waals surface area contributed by atoms with Gasteiger partial charge in [0.15, 0.2) is 0 Å². The Hall–Kier alpha value is -2.87. The molecule has 3 rings (SSSR count). The molecule has 0 aliphatic carbocycles. The van der Waals surface area contributed by atoms with E-state index < -0.39 is 29.2 Å². The molecule has 0 spiro atoms. The zero-order chi connectivity index (χ0) is 19.1. The van der Waals surface area contributed by atoms with Crippen molar-refractivity contribution in [1.82, 2.24) is 9.78 Å². The molecule has 0 bridgehead atoms. The van der Waals surface area contributed by atoms with Crippen LogP contribution in [0, 0.1) is 5.82 Å². The van der Waals surface area contributed by atoms with Gasteiger partial charge < -0.3 is 9.90 Å². The van der Waals surface area contributed by atoms with E-state index in [1.807, 2.05) is 0 Å². The highest BCUT2D eigenvalue weighted by Gasteiger charge is 2.32. The zero-order valence-electron chi connectivity index (χ0n) is 12.7. The van der Waals surface area contributed by atoms with Crippen LogP contribution in [0.2, 0.25) is 5.02 Å². The molecule has 1 heterocycles. The molecule has 2 aromatic carbocycles.